The molecule has 0 aromatic heterocycles. The van der Waals surface area contributed by atoms with Gasteiger partial charge in [-0.25, -0.2) is 8.57 Å². The van der Waals surface area contributed by atoms with E-state index in [2.05, 4.69) is 16.5 Å². The van der Waals surface area contributed by atoms with Crippen LogP contribution in [0, 0.1) is 0 Å². The lowest BCUT2D eigenvalue weighted by Crippen LogP contribution is -1.98. The third kappa shape index (κ3) is 3.58. The molecule has 2 aromatic rings. The number of rotatable bonds is 4. The molecule has 1 unspecified atom stereocenters. The van der Waals surface area contributed by atoms with Crippen molar-refractivity contribution in [3.8, 4) is 0 Å². The van der Waals surface area contributed by atoms with Crippen LogP contribution < -0.4 is 0 Å². The van der Waals surface area contributed by atoms with Gasteiger partial charge in [0.25, 0.3) is 0 Å². The molecule has 0 aliphatic heterocycles. The lowest BCUT2D eigenvalue weighted by molar-refractivity contribution is 0.681. The topological polar surface area (TPSA) is 29.4 Å². The molecule has 0 saturated heterocycles. The zero-order chi connectivity index (χ0) is 14.4. The van der Waals surface area contributed by atoms with Crippen molar-refractivity contribution in [2.75, 3.05) is 7.05 Å². The molecular formula is C17H19NOS. The average Bonchev–Trinajstić information content (AvgIpc) is 2.49. The minimum Gasteiger partial charge on any atom is -0.240 e. The van der Waals surface area contributed by atoms with Crippen molar-refractivity contribution in [2.24, 2.45) is 4.36 Å². The van der Waals surface area contributed by atoms with Gasteiger partial charge >= 0.3 is 0 Å². The van der Waals surface area contributed by atoms with E-state index in [-0.39, 0.29) is 0 Å². The van der Waals surface area contributed by atoms with Gasteiger partial charge in [0.15, 0.2) is 0 Å². The maximum Gasteiger partial charge on any atom is 0.0966 e. The second-order valence-corrected chi connectivity index (χ2v) is 6.90. The number of benzene rings is 2. The summed E-state index contributed by atoms with van der Waals surface area (Å²) in [5.74, 6) is 0. The first-order chi connectivity index (χ1) is 9.64. The molecule has 0 saturated carbocycles. The Morgan fingerprint density at radius 3 is 2.15 bits per heavy atom. The highest BCUT2D eigenvalue weighted by Crippen LogP contribution is 2.18. The van der Waals surface area contributed by atoms with Crippen molar-refractivity contribution in [3.63, 3.8) is 0 Å². The molecule has 2 rings (SSSR count). The smallest absolute Gasteiger partial charge is 0.0966 e. The normalized spacial score (nSPS) is 14.6. The van der Waals surface area contributed by atoms with Gasteiger partial charge in [-0.15, -0.1) is 0 Å². The summed E-state index contributed by atoms with van der Waals surface area (Å²) >= 11 is 0. The first-order valence-corrected chi connectivity index (χ1v) is 8.13. The number of nitrogens with zero attached hydrogens (tertiary/aromatic N) is 1. The lowest BCUT2D eigenvalue weighted by atomic mass is 10.1. The quantitative estimate of drug-likeness (QED) is 0.824. The van der Waals surface area contributed by atoms with Crippen LogP contribution in [-0.2, 0) is 16.1 Å². The summed E-state index contributed by atoms with van der Waals surface area (Å²) in [7, 11) is -0.849. The van der Waals surface area contributed by atoms with Gasteiger partial charge in [0, 0.05) is 12.5 Å². The van der Waals surface area contributed by atoms with Crippen LogP contribution in [0.4, 0.5) is 0 Å². The standard InChI is InChI=1S/C17H19NOS/c1-15(13-16-9-5-3-6-10-16)14-20(19,18-2)17-11-7-4-8-12-17/h3-12,14H,13H2,1-2H3/b15-14+. The fraction of sp³-hybridized carbons (Fsp3) is 0.176. The molecule has 3 heteroatoms. The Kier molecular flexibility index (Phi) is 4.74. The van der Waals surface area contributed by atoms with Crippen molar-refractivity contribution in [3.05, 3.63) is 77.2 Å². The molecule has 0 N–H and O–H groups in total. The molecule has 0 heterocycles. The third-order valence-corrected chi connectivity index (χ3v) is 5.25. The Morgan fingerprint density at radius 2 is 1.60 bits per heavy atom. The zero-order valence-corrected chi connectivity index (χ0v) is 12.6. The zero-order valence-electron chi connectivity index (χ0n) is 11.8. The van der Waals surface area contributed by atoms with E-state index < -0.39 is 9.73 Å². The molecular weight excluding hydrogens is 266 g/mol. The molecule has 0 fully saturated rings. The minimum absolute atomic E-state index is 0.759. The van der Waals surface area contributed by atoms with Crippen LogP contribution in [0.5, 0.6) is 0 Å². The molecule has 104 valence electrons. The highest BCUT2D eigenvalue weighted by atomic mass is 32.2. The van der Waals surface area contributed by atoms with E-state index in [1.165, 1.54) is 5.56 Å². The second kappa shape index (κ2) is 6.53. The van der Waals surface area contributed by atoms with E-state index in [9.17, 15) is 4.21 Å². The molecule has 0 amide bonds. The molecule has 0 aliphatic carbocycles. The predicted octanol–water partition coefficient (Wildman–Crippen LogP) is 4.29. The SMILES string of the molecule is CN=S(=O)(/C=C(\C)Cc1ccccc1)c1ccccc1. The summed E-state index contributed by atoms with van der Waals surface area (Å²) in [6, 6.07) is 19.6. The number of hydrogen-bond donors (Lipinski definition) is 0. The molecule has 0 radical (unpaired) electrons. The van der Waals surface area contributed by atoms with Crippen LogP contribution in [0.15, 0.2) is 80.9 Å². The van der Waals surface area contributed by atoms with Crippen molar-refractivity contribution in [1.29, 1.82) is 0 Å². The van der Waals surface area contributed by atoms with E-state index in [1.807, 2.05) is 55.5 Å². The van der Waals surface area contributed by atoms with E-state index in [0.717, 1.165) is 16.9 Å². The predicted molar refractivity (Wildman–Crippen MR) is 85.1 cm³/mol. The Bertz CT molecular complexity index is 696. The van der Waals surface area contributed by atoms with Crippen molar-refractivity contribution < 1.29 is 4.21 Å². The summed E-state index contributed by atoms with van der Waals surface area (Å²) in [6.45, 7) is 2.00. The maximum atomic E-state index is 12.9. The molecule has 0 bridgehead atoms. The fourth-order valence-electron chi connectivity index (χ4n) is 2.07. The van der Waals surface area contributed by atoms with Crippen molar-refractivity contribution in [1.82, 2.24) is 0 Å². The number of hydrogen-bond acceptors (Lipinski definition) is 2. The molecule has 0 spiro atoms. The van der Waals surface area contributed by atoms with Gasteiger partial charge in [-0.1, -0.05) is 54.1 Å². The van der Waals surface area contributed by atoms with Crippen molar-refractivity contribution in [2.45, 2.75) is 18.2 Å². The maximum absolute atomic E-state index is 12.9. The summed E-state index contributed by atoms with van der Waals surface area (Å²) in [5.41, 5.74) is 2.28. The summed E-state index contributed by atoms with van der Waals surface area (Å²) in [5, 5.41) is 1.80. The van der Waals surface area contributed by atoms with Crippen LogP contribution in [0.1, 0.15) is 12.5 Å². The molecule has 1 atom stereocenters. The van der Waals surface area contributed by atoms with E-state index in [0.29, 0.717) is 0 Å². The Hall–Kier alpha value is -1.87. The summed E-state index contributed by atoms with van der Waals surface area (Å²) in [4.78, 5) is 0.759. The monoisotopic (exact) mass is 285 g/mol. The van der Waals surface area contributed by atoms with Gasteiger partial charge in [-0.3, -0.25) is 0 Å². The average molecular weight is 285 g/mol. The highest BCUT2D eigenvalue weighted by molar-refractivity contribution is 7.96. The van der Waals surface area contributed by atoms with Gasteiger partial charge in [0.05, 0.1) is 14.6 Å². The van der Waals surface area contributed by atoms with Crippen LogP contribution >= 0.6 is 0 Å². The Morgan fingerprint density at radius 1 is 1.05 bits per heavy atom. The lowest BCUT2D eigenvalue weighted by Gasteiger charge is -2.07. The minimum atomic E-state index is -2.46. The van der Waals surface area contributed by atoms with E-state index in [1.54, 1.807) is 12.5 Å². The van der Waals surface area contributed by atoms with Crippen LogP contribution in [-0.4, -0.2) is 11.3 Å². The molecule has 2 aromatic carbocycles. The second-order valence-electron chi connectivity index (χ2n) is 4.69. The molecule has 20 heavy (non-hydrogen) atoms. The largest absolute Gasteiger partial charge is 0.240 e. The van der Waals surface area contributed by atoms with Gasteiger partial charge in [0.2, 0.25) is 0 Å². The van der Waals surface area contributed by atoms with Crippen molar-refractivity contribution >= 4 is 9.73 Å². The van der Waals surface area contributed by atoms with E-state index in [4.69, 9.17) is 0 Å². The van der Waals surface area contributed by atoms with Crippen LogP contribution in [0.25, 0.3) is 0 Å². The highest BCUT2D eigenvalue weighted by Gasteiger charge is 2.08. The first-order valence-electron chi connectivity index (χ1n) is 6.55. The number of allylic oxidation sites excluding steroid dienone is 1. The van der Waals surface area contributed by atoms with Crippen LogP contribution in [0.3, 0.4) is 0 Å². The summed E-state index contributed by atoms with van der Waals surface area (Å²) in [6.07, 6.45) is 0.792. The fourth-order valence-corrected chi connectivity index (χ4v) is 3.70. The molecule has 2 nitrogen and oxygen atoms in total. The van der Waals surface area contributed by atoms with E-state index >= 15 is 0 Å². The summed E-state index contributed by atoms with van der Waals surface area (Å²) < 4.78 is 17.0. The Labute approximate surface area is 121 Å². The third-order valence-electron chi connectivity index (χ3n) is 3.04. The first kappa shape index (κ1) is 14.5. The Balaban J connectivity index is 2.30. The van der Waals surface area contributed by atoms with Gasteiger partial charge in [-0.2, -0.15) is 0 Å². The van der Waals surface area contributed by atoms with Crippen LogP contribution in [0.2, 0.25) is 0 Å². The molecule has 0 aliphatic rings. The van der Waals surface area contributed by atoms with Gasteiger partial charge < -0.3 is 0 Å². The van der Waals surface area contributed by atoms with Gasteiger partial charge in [0.1, 0.15) is 0 Å². The van der Waals surface area contributed by atoms with Gasteiger partial charge in [-0.05, 0) is 31.0 Å².